The number of nitrogens with one attached hydrogen (secondary N) is 1. The Kier molecular flexibility index (Phi) is 5.42. The lowest BCUT2D eigenvalue weighted by Gasteiger charge is -2.16. The molecule has 0 amide bonds. The molecule has 0 aromatic carbocycles. The number of aromatic nitrogens is 2. The number of hydrogen-bond acceptors (Lipinski definition) is 3. The van der Waals surface area contributed by atoms with Crippen LogP contribution in [0.1, 0.15) is 37.8 Å². The zero-order valence-electron chi connectivity index (χ0n) is 9.11. The van der Waals surface area contributed by atoms with Crippen LogP contribution in [0.4, 0.5) is 0 Å². The van der Waals surface area contributed by atoms with Crippen molar-refractivity contribution in [1.82, 2.24) is 15.5 Å². The molecule has 1 unspecified atom stereocenters. The Morgan fingerprint density at radius 1 is 1.53 bits per heavy atom. The van der Waals surface area contributed by atoms with Crippen molar-refractivity contribution in [3.8, 4) is 12.3 Å². The van der Waals surface area contributed by atoms with Crippen LogP contribution in [0.15, 0.2) is 18.5 Å². The maximum absolute atomic E-state index is 5.28. The van der Waals surface area contributed by atoms with Crippen molar-refractivity contribution in [2.75, 3.05) is 6.54 Å². The Morgan fingerprint density at radius 3 is 3.00 bits per heavy atom. The smallest absolute Gasteiger partial charge is 0.0544 e. The lowest BCUT2D eigenvalue weighted by atomic mass is 10.0. The molecule has 1 heterocycles. The van der Waals surface area contributed by atoms with Crippen LogP contribution >= 0.6 is 0 Å². The minimum Gasteiger partial charge on any atom is -0.310 e. The number of rotatable bonds is 6. The van der Waals surface area contributed by atoms with Gasteiger partial charge in [-0.15, -0.1) is 12.3 Å². The van der Waals surface area contributed by atoms with Crippen molar-refractivity contribution in [2.45, 2.75) is 32.2 Å². The van der Waals surface area contributed by atoms with E-state index in [0.29, 0.717) is 6.04 Å². The van der Waals surface area contributed by atoms with Crippen LogP contribution in [0.2, 0.25) is 0 Å². The maximum Gasteiger partial charge on any atom is 0.0544 e. The zero-order valence-corrected chi connectivity index (χ0v) is 9.11. The molecule has 0 spiro atoms. The van der Waals surface area contributed by atoms with Crippen LogP contribution in [0.3, 0.4) is 0 Å². The Morgan fingerprint density at radius 2 is 2.40 bits per heavy atom. The fraction of sp³-hybridized carbons (Fsp3) is 0.500. The SMILES string of the molecule is C#CCCC(NCCC)c1ccnnc1. The molecule has 0 saturated carbocycles. The lowest BCUT2D eigenvalue weighted by molar-refractivity contribution is 0.503. The molecule has 0 radical (unpaired) electrons. The summed E-state index contributed by atoms with van der Waals surface area (Å²) in [6.07, 6.45) is 11.6. The van der Waals surface area contributed by atoms with Gasteiger partial charge in [0.05, 0.1) is 6.20 Å². The molecule has 1 aromatic heterocycles. The molecule has 1 rings (SSSR count). The average Bonchev–Trinajstić information content (AvgIpc) is 2.30. The molecule has 0 fully saturated rings. The summed E-state index contributed by atoms with van der Waals surface area (Å²) in [6.45, 7) is 3.15. The molecule has 0 aliphatic carbocycles. The van der Waals surface area contributed by atoms with Gasteiger partial charge in [0, 0.05) is 18.7 Å². The second-order valence-corrected chi connectivity index (χ2v) is 3.43. The number of terminal acetylenes is 1. The Balaban J connectivity index is 2.59. The van der Waals surface area contributed by atoms with Crippen LogP contribution in [0.25, 0.3) is 0 Å². The Hall–Kier alpha value is -1.40. The maximum atomic E-state index is 5.28. The van der Waals surface area contributed by atoms with Crippen molar-refractivity contribution in [1.29, 1.82) is 0 Å². The molecule has 1 N–H and O–H groups in total. The molecule has 80 valence electrons. The Labute approximate surface area is 91.3 Å². The molecule has 3 nitrogen and oxygen atoms in total. The van der Waals surface area contributed by atoms with E-state index in [9.17, 15) is 0 Å². The summed E-state index contributed by atoms with van der Waals surface area (Å²) in [5, 5.41) is 11.1. The van der Waals surface area contributed by atoms with Gasteiger partial charge in [-0.1, -0.05) is 6.92 Å². The van der Waals surface area contributed by atoms with Gasteiger partial charge in [-0.3, -0.25) is 0 Å². The summed E-state index contributed by atoms with van der Waals surface area (Å²) in [7, 11) is 0. The summed E-state index contributed by atoms with van der Waals surface area (Å²) in [4.78, 5) is 0. The highest BCUT2D eigenvalue weighted by Gasteiger charge is 2.09. The van der Waals surface area contributed by atoms with E-state index in [-0.39, 0.29) is 0 Å². The molecular weight excluding hydrogens is 186 g/mol. The third-order valence-electron chi connectivity index (χ3n) is 2.23. The predicted octanol–water partition coefficient (Wildman–Crippen LogP) is 1.93. The molecule has 0 saturated heterocycles. The highest BCUT2D eigenvalue weighted by atomic mass is 15.1. The predicted molar refractivity (Wildman–Crippen MR) is 61.1 cm³/mol. The molecule has 0 aliphatic heterocycles. The van der Waals surface area contributed by atoms with Crippen LogP contribution in [0.5, 0.6) is 0 Å². The van der Waals surface area contributed by atoms with Crippen LogP contribution in [-0.2, 0) is 0 Å². The summed E-state index contributed by atoms with van der Waals surface area (Å²) >= 11 is 0. The van der Waals surface area contributed by atoms with Gasteiger partial charge >= 0.3 is 0 Å². The van der Waals surface area contributed by atoms with E-state index in [4.69, 9.17) is 6.42 Å². The van der Waals surface area contributed by atoms with E-state index >= 15 is 0 Å². The van der Waals surface area contributed by atoms with Crippen molar-refractivity contribution < 1.29 is 0 Å². The van der Waals surface area contributed by atoms with Crippen LogP contribution < -0.4 is 5.32 Å². The fourth-order valence-corrected chi connectivity index (χ4v) is 1.44. The largest absolute Gasteiger partial charge is 0.310 e. The van der Waals surface area contributed by atoms with E-state index in [1.165, 1.54) is 0 Å². The van der Waals surface area contributed by atoms with E-state index in [1.807, 2.05) is 6.07 Å². The third-order valence-corrected chi connectivity index (χ3v) is 2.23. The molecule has 15 heavy (non-hydrogen) atoms. The van der Waals surface area contributed by atoms with Crippen LogP contribution in [0, 0.1) is 12.3 Å². The van der Waals surface area contributed by atoms with Gasteiger partial charge in [-0.05, 0) is 31.0 Å². The first kappa shape index (κ1) is 11.7. The molecule has 0 aliphatic rings. The van der Waals surface area contributed by atoms with Gasteiger partial charge < -0.3 is 5.32 Å². The second kappa shape index (κ2) is 6.97. The lowest BCUT2D eigenvalue weighted by Crippen LogP contribution is -2.22. The minimum absolute atomic E-state index is 0.302. The van der Waals surface area contributed by atoms with Crippen LogP contribution in [-0.4, -0.2) is 16.7 Å². The summed E-state index contributed by atoms with van der Waals surface area (Å²) in [5.74, 6) is 2.67. The van der Waals surface area contributed by atoms with Crippen molar-refractivity contribution >= 4 is 0 Å². The Bertz CT molecular complexity index is 302. The second-order valence-electron chi connectivity index (χ2n) is 3.43. The summed E-state index contributed by atoms with van der Waals surface area (Å²) in [5.41, 5.74) is 1.16. The van der Waals surface area contributed by atoms with E-state index in [2.05, 4.69) is 28.4 Å². The van der Waals surface area contributed by atoms with E-state index in [1.54, 1.807) is 12.4 Å². The summed E-state index contributed by atoms with van der Waals surface area (Å²) in [6, 6.07) is 2.29. The van der Waals surface area contributed by atoms with Gasteiger partial charge in [0.2, 0.25) is 0 Å². The van der Waals surface area contributed by atoms with Gasteiger partial charge in [0.1, 0.15) is 0 Å². The van der Waals surface area contributed by atoms with Gasteiger partial charge in [0.25, 0.3) is 0 Å². The zero-order chi connectivity index (χ0) is 10.9. The average molecular weight is 203 g/mol. The highest BCUT2D eigenvalue weighted by molar-refractivity contribution is 5.11. The first-order chi connectivity index (χ1) is 7.38. The van der Waals surface area contributed by atoms with Crippen molar-refractivity contribution in [3.63, 3.8) is 0 Å². The van der Waals surface area contributed by atoms with E-state index in [0.717, 1.165) is 31.4 Å². The van der Waals surface area contributed by atoms with E-state index < -0.39 is 0 Å². The minimum atomic E-state index is 0.302. The molecular formula is C12H17N3. The summed E-state index contributed by atoms with van der Waals surface area (Å²) < 4.78 is 0. The molecule has 1 aromatic rings. The molecule has 3 heteroatoms. The van der Waals surface area contributed by atoms with Gasteiger partial charge in [-0.2, -0.15) is 10.2 Å². The number of nitrogens with zero attached hydrogens (tertiary/aromatic N) is 2. The highest BCUT2D eigenvalue weighted by Crippen LogP contribution is 2.16. The monoisotopic (exact) mass is 203 g/mol. The van der Waals surface area contributed by atoms with Crippen molar-refractivity contribution in [2.24, 2.45) is 0 Å². The molecule has 1 atom stereocenters. The topological polar surface area (TPSA) is 37.8 Å². The van der Waals surface area contributed by atoms with Gasteiger partial charge in [-0.25, -0.2) is 0 Å². The first-order valence-corrected chi connectivity index (χ1v) is 5.32. The van der Waals surface area contributed by atoms with Crippen molar-refractivity contribution in [3.05, 3.63) is 24.0 Å². The first-order valence-electron chi connectivity index (χ1n) is 5.32. The standard InChI is InChI=1S/C12H17N3/c1-3-5-6-12(13-8-4-2)11-7-9-14-15-10-11/h1,7,9-10,12-13H,4-6,8H2,2H3. The fourth-order valence-electron chi connectivity index (χ4n) is 1.44. The van der Waals surface area contributed by atoms with Gasteiger partial charge in [0.15, 0.2) is 0 Å². The quantitative estimate of drug-likeness (QED) is 0.718. The third kappa shape index (κ3) is 4.09. The number of hydrogen-bond donors (Lipinski definition) is 1. The molecule has 0 bridgehead atoms. The normalized spacial score (nSPS) is 12.0.